The quantitative estimate of drug-likeness (QED) is 0.592. The Balaban J connectivity index is 1.22. The molecule has 0 spiro atoms. The average molecular weight is 540 g/mol. The van der Waals surface area contributed by atoms with Crippen molar-refractivity contribution >= 4 is 11.9 Å². The summed E-state index contributed by atoms with van der Waals surface area (Å²) in [6, 6.07) is 3.73. The SMILES string of the molecule is C[C@@H](CC(=O)O)N1CCN([C@@H]2CC[C@@](C(=O)N3COc4ccc(C(F)(F)F)cc4C3)(C3CC3)OC2)C[C@@H]1C. The van der Waals surface area contributed by atoms with Crippen molar-refractivity contribution in [2.75, 3.05) is 33.0 Å². The van der Waals surface area contributed by atoms with Gasteiger partial charge in [-0.3, -0.25) is 19.4 Å². The summed E-state index contributed by atoms with van der Waals surface area (Å²) in [6.45, 7) is 6.94. The van der Waals surface area contributed by atoms with Crippen molar-refractivity contribution in [3.63, 3.8) is 0 Å². The van der Waals surface area contributed by atoms with Gasteiger partial charge in [0.15, 0.2) is 6.73 Å². The average Bonchev–Trinajstić information content (AvgIpc) is 3.73. The van der Waals surface area contributed by atoms with Gasteiger partial charge in [0.05, 0.1) is 25.1 Å². The van der Waals surface area contributed by atoms with Crippen molar-refractivity contribution in [1.82, 2.24) is 14.7 Å². The number of piperazine rings is 1. The summed E-state index contributed by atoms with van der Waals surface area (Å²) in [5.74, 6) is -0.496. The van der Waals surface area contributed by atoms with Crippen LogP contribution in [-0.4, -0.2) is 88.4 Å². The van der Waals surface area contributed by atoms with Gasteiger partial charge in [-0.2, -0.15) is 13.2 Å². The Labute approximate surface area is 220 Å². The first-order valence-electron chi connectivity index (χ1n) is 13.5. The molecule has 1 saturated carbocycles. The second-order valence-electron chi connectivity index (χ2n) is 11.3. The third-order valence-electron chi connectivity index (χ3n) is 8.66. The molecule has 2 saturated heterocycles. The highest BCUT2D eigenvalue weighted by molar-refractivity contribution is 5.86. The monoisotopic (exact) mass is 539 g/mol. The number of carbonyl (C=O) groups is 2. The highest BCUT2D eigenvalue weighted by atomic mass is 19.4. The number of amides is 1. The lowest BCUT2D eigenvalue weighted by molar-refractivity contribution is -0.181. The minimum atomic E-state index is -4.46. The van der Waals surface area contributed by atoms with Crippen LogP contribution in [0.2, 0.25) is 0 Å². The molecule has 5 rings (SSSR count). The summed E-state index contributed by atoms with van der Waals surface area (Å²) >= 11 is 0. The molecule has 1 amide bonds. The minimum Gasteiger partial charge on any atom is -0.481 e. The molecular weight excluding hydrogens is 503 g/mol. The summed E-state index contributed by atoms with van der Waals surface area (Å²) in [5.41, 5.74) is -1.36. The van der Waals surface area contributed by atoms with Crippen molar-refractivity contribution in [3.05, 3.63) is 29.3 Å². The Morgan fingerprint density at radius 3 is 2.58 bits per heavy atom. The van der Waals surface area contributed by atoms with Crippen LogP contribution in [0.25, 0.3) is 0 Å². The second-order valence-corrected chi connectivity index (χ2v) is 11.3. The van der Waals surface area contributed by atoms with Gasteiger partial charge in [-0.25, -0.2) is 0 Å². The molecule has 1 aromatic carbocycles. The molecule has 0 aromatic heterocycles. The summed E-state index contributed by atoms with van der Waals surface area (Å²) in [7, 11) is 0. The molecule has 38 heavy (non-hydrogen) atoms. The van der Waals surface area contributed by atoms with Gasteiger partial charge in [-0.1, -0.05) is 0 Å². The van der Waals surface area contributed by atoms with E-state index in [1.807, 2.05) is 6.92 Å². The fourth-order valence-corrected chi connectivity index (χ4v) is 6.46. The molecule has 0 radical (unpaired) electrons. The van der Waals surface area contributed by atoms with Crippen molar-refractivity contribution in [1.29, 1.82) is 0 Å². The van der Waals surface area contributed by atoms with Gasteiger partial charge in [0, 0.05) is 43.3 Å². The maximum Gasteiger partial charge on any atom is 0.416 e. The van der Waals surface area contributed by atoms with Gasteiger partial charge in [0.2, 0.25) is 0 Å². The van der Waals surface area contributed by atoms with Gasteiger partial charge in [-0.05, 0) is 63.6 Å². The van der Waals surface area contributed by atoms with Crippen LogP contribution in [0.15, 0.2) is 18.2 Å². The lowest BCUT2D eigenvalue weighted by Gasteiger charge is -2.49. The lowest BCUT2D eigenvalue weighted by Crippen LogP contribution is -2.62. The molecule has 1 aromatic rings. The number of rotatable bonds is 6. The van der Waals surface area contributed by atoms with E-state index in [9.17, 15) is 22.8 Å². The molecule has 3 heterocycles. The largest absolute Gasteiger partial charge is 0.481 e. The number of fused-ring (bicyclic) bond motifs is 1. The molecular formula is C27H36F3N3O5. The van der Waals surface area contributed by atoms with E-state index in [1.165, 1.54) is 11.0 Å². The number of benzene rings is 1. The van der Waals surface area contributed by atoms with E-state index < -0.39 is 23.3 Å². The summed E-state index contributed by atoms with van der Waals surface area (Å²) in [6.07, 6.45) is -1.19. The molecule has 4 atom stereocenters. The lowest BCUT2D eigenvalue weighted by atomic mass is 9.85. The first-order valence-corrected chi connectivity index (χ1v) is 13.5. The smallest absolute Gasteiger partial charge is 0.416 e. The number of halogens is 3. The number of nitrogens with zero attached hydrogens (tertiary/aromatic N) is 3. The zero-order chi connectivity index (χ0) is 27.2. The van der Waals surface area contributed by atoms with Gasteiger partial charge < -0.3 is 19.5 Å². The fourth-order valence-electron chi connectivity index (χ4n) is 6.46. The van der Waals surface area contributed by atoms with Gasteiger partial charge in [0.1, 0.15) is 11.4 Å². The van der Waals surface area contributed by atoms with Crippen molar-refractivity contribution in [3.8, 4) is 5.75 Å². The Hall–Kier alpha value is -2.37. The summed E-state index contributed by atoms with van der Waals surface area (Å²) in [5, 5.41) is 9.15. The topological polar surface area (TPSA) is 82.6 Å². The number of carbonyl (C=O) groups excluding carboxylic acids is 1. The highest BCUT2D eigenvalue weighted by Crippen LogP contribution is 2.48. The number of ether oxygens (including phenoxy) is 2. The molecule has 1 N–H and O–H groups in total. The molecule has 1 aliphatic carbocycles. The first kappa shape index (κ1) is 27.2. The fraction of sp³-hybridized carbons (Fsp3) is 0.704. The van der Waals surface area contributed by atoms with Crippen LogP contribution < -0.4 is 4.74 Å². The first-order chi connectivity index (χ1) is 18.0. The van der Waals surface area contributed by atoms with Crippen LogP contribution in [0.4, 0.5) is 13.2 Å². The number of alkyl halides is 3. The van der Waals surface area contributed by atoms with E-state index >= 15 is 0 Å². The maximum absolute atomic E-state index is 13.8. The molecule has 0 bridgehead atoms. The third-order valence-corrected chi connectivity index (χ3v) is 8.66. The molecule has 3 fully saturated rings. The molecule has 3 aliphatic heterocycles. The van der Waals surface area contributed by atoms with E-state index in [1.54, 1.807) is 0 Å². The van der Waals surface area contributed by atoms with Crippen LogP contribution in [0.3, 0.4) is 0 Å². The number of carboxylic acid groups (broad SMARTS) is 1. The Bertz CT molecular complexity index is 1050. The van der Waals surface area contributed by atoms with Crippen LogP contribution in [-0.2, 0) is 27.0 Å². The maximum atomic E-state index is 13.8. The normalized spacial score (nSPS) is 29.9. The molecule has 11 heteroatoms. The standard InChI is InChI=1S/C27H36F3N3O5/c1-17(11-24(34)35)33-10-9-31(13-18(33)2)22-7-8-26(38-15-22,20-3-4-20)25(36)32-14-19-12-21(27(28,29)30)5-6-23(19)37-16-32/h5-6,12,17-18,20,22H,3-4,7-11,13-16H2,1-2H3,(H,34,35)/t17-,18-,22+,26-/m0/s1. The van der Waals surface area contributed by atoms with Gasteiger partial charge in [-0.15, -0.1) is 0 Å². The van der Waals surface area contributed by atoms with E-state index in [2.05, 4.69) is 16.7 Å². The van der Waals surface area contributed by atoms with E-state index in [4.69, 9.17) is 14.6 Å². The van der Waals surface area contributed by atoms with E-state index in [0.29, 0.717) is 24.3 Å². The van der Waals surface area contributed by atoms with Crippen LogP contribution in [0.5, 0.6) is 5.75 Å². The summed E-state index contributed by atoms with van der Waals surface area (Å²) in [4.78, 5) is 31.1. The van der Waals surface area contributed by atoms with E-state index in [0.717, 1.165) is 51.0 Å². The second kappa shape index (κ2) is 10.3. The number of hydrogen-bond acceptors (Lipinski definition) is 6. The Morgan fingerprint density at radius 2 is 1.97 bits per heavy atom. The third kappa shape index (κ3) is 5.37. The molecule has 8 nitrogen and oxygen atoms in total. The predicted octanol–water partition coefficient (Wildman–Crippen LogP) is 3.58. The zero-order valence-electron chi connectivity index (χ0n) is 21.9. The number of hydrogen-bond donors (Lipinski definition) is 1. The van der Waals surface area contributed by atoms with Crippen molar-refractivity contribution in [2.24, 2.45) is 5.92 Å². The Kier molecular flexibility index (Phi) is 7.38. The summed E-state index contributed by atoms with van der Waals surface area (Å²) < 4.78 is 51.8. The van der Waals surface area contributed by atoms with Gasteiger partial charge >= 0.3 is 12.1 Å². The van der Waals surface area contributed by atoms with Crippen LogP contribution in [0, 0.1) is 5.92 Å². The van der Waals surface area contributed by atoms with Crippen molar-refractivity contribution < 1.29 is 37.3 Å². The van der Waals surface area contributed by atoms with Crippen molar-refractivity contribution in [2.45, 2.75) is 82.4 Å². The molecule has 210 valence electrons. The minimum absolute atomic E-state index is 0.00748. The predicted molar refractivity (Wildman–Crippen MR) is 131 cm³/mol. The number of carboxylic acids is 1. The number of aliphatic carboxylic acids is 1. The highest BCUT2D eigenvalue weighted by Gasteiger charge is 2.56. The molecule has 4 aliphatic rings. The van der Waals surface area contributed by atoms with Crippen LogP contribution in [0.1, 0.15) is 57.1 Å². The van der Waals surface area contributed by atoms with E-state index in [-0.39, 0.29) is 49.6 Å². The Morgan fingerprint density at radius 1 is 1.21 bits per heavy atom. The van der Waals surface area contributed by atoms with Crippen LogP contribution >= 0.6 is 0 Å². The zero-order valence-corrected chi connectivity index (χ0v) is 21.9. The molecule has 0 unspecified atom stereocenters. The van der Waals surface area contributed by atoms with Gasteiger partial charge in [0.25, 0.3) is 5.91 Å².